The SMILES string of the molecule is Cc1ccc(Cc2c(Nc3ccc(C4CCCC4)nn3)cccc2C(N)=O)o1. The van der Waals surface area contributed by atoms with E-state index in [0.717, 1.165) is 28.5 Å². The lowest BCUT2D eigenvalue weighted by atomic mass is 10.00. The molecule has 2 aromatic heterocycles. The highest BCUT2D eigenvalue weighted by Crippen LogP contribution is 2.33. The highest BCUT2D eigenvalue weighted by Gasteiger charge is 2.19. The van der Waals surface area contributed by atoms with E-state index in [1.54, 1.807) is 12.1 Å². The molecule has 0 bridgehead atoms. The van der Waals surface area contributed by atoms with Crippen molar-refractivity contribution in [3.8, 4) is 0 Å². The van der Waals surface area contributed by atoms with Crippen molar-refractivity contribution in [2.45, 2.75) is 44.9 Å². The Balaban J connectivity index is 1.61. The van der Waals surface area contributed by atoms with Crippen molar-refractivity contribution in [1.82, 2.24) is 10.2 Å². The summed E-state index contributed by atoms with van der Waals surface area (Å²) in [6.45, 7) is 1.89. The van der Waals surface area contributed by atoms with Gasteiger partial charge in [-0.3, -0.25) is 4.79 Å². The zero-order valence-corrected chi connectivity index (χ0v) is 15.9. The number of furan rings is 1. The van der Waals surface area contributed by atoms with Gasteiger partial charge in [-0.05, 0) is 61.7 Å². The van der Waals surface area contributed by atoms with Crippen molar-refractivity contribution in [2.75, 3.05) is 5.32 Å². The molecule has 1 saturated carbocycles. The number of nitrogens with one attached hydrogen (secondary N) is 1. The maximum absolute atomic E-state index is 11.9. The van der Waals surface area contributed by atoms with Crippen molar-refractivity contribution in [1.29, 1.82) is 0 Å². The molecule has 28 heavy (non-hydrogen) atoms. The van der Waals surface area contributed by atoms with Crippen molar-refractivity contribution in [3.05, 3.63) is 70.8 Å². The molecule has 0 spiro atoms. The lowest BCUT2D eigenvalue weighted by molar-refractivity contribution is 0.0999. The van der Waals surface area contributed by atoms with Crippen molar-refractivity contribution >= 4 is 17.4 Å². The van der Waals surface area contributed by atoms with E-state index in [1.165, 1.54) is 25.7 Å². The first kappa shape index (κ1) is 18.2. The second-order valence-corrected chi connectivity index (χ2v) is 7.33. The molecule has 6 nitrogen and oxygen atoms in total. The predicted molar refractivity (Wildman–Crippen MR) is 108 cm³/mol. The largest absolute Gasteiger partial charge is 0.466 e. The summed E-state index contributed by atoms with van der Waals surface area (Å²) in [7, 11) is 0. The second kappa shape index (κ2) is 7.84. The molecule has 0 radical (unpaired) electrons. The van der Waals surface area contributed by atoms with Gasteiger partial charge in [-0.2, -0.15) is 5.10 Å². The van der Waals surface area contributed by atoms with Gasteiger partial charge in [0.2, 0.25) is 5.91 Å². The molecule has 0 aliphatic heterocycles. The first-order chi connectivity index (χ1) is 13.6. The lowest BCUT2D eigenvalue weighted by Gasteiger charge is -2.14. The lowest BCUT2D eigenvalue weighted by Crippen LogP contribution is -2.15. The molecule has 3 N–H and O–H groups in total. The van der Waals surface area contributed by atoms with E-state index in [2.05, 4.69) is 15.5 Å². The molecule has 0 saturated heterocycles. The Morgan fingerprint density at radius 1 is 1.14 bits per heavy atom. The molecule has 1 fully saturated rings. The molecule has 3 aromatic rings. The molecule has 1 aromatic carbocycles. The van der Waals surface area contributed by atoms with E-state index in [4.69, 9.17) is 10.2 Å². The number of hydrogen-bond acceptors (Lipinski definition) is 5. The molecule has 1 amide bonds. The monoisotopic (exact) mass is 376 g/mol. The summed E-state index contributed by atoms with van der Waals surface area (Å²) in [4.78, 5) is 11.9. The van der Waals surface area contributed by atoms with Crippen LogP contribution >= 0.6 is 0 Å². The van der Waals surface area contributed by atoms with Gasteiger partial charge >= 0.3 is 0 Å². The minimum absolute atomic E-state index is 0.461. The molecule has 144 valence electrons. The van der Waals surface area contributed by atoms with Gasteiger partial charge in [0.05, 0.1) is 5.69 Å². The summed E-state index contributed by atoms with van der Waals surface area (Å²) < 4.78 is 5.69. The Hall–Kier alpha value is -3.15. The number of anilines is 2. The van der Waals surface area contributed by atoms with Crippen molar-refractivity contribution < 1.29 is 9.21 Å². The number of nitrogens with two attached hydrogens (primary N) is 1. The van der Waals surface area contributed by atoms with Crippen LogP contribution in [0.25, 0.3) is 0 Å². The number of nitrogens with zero attached hydrogens (tertiary/aromatic N) is 2. The number of hydrogen-bond donors (Lipinski definition) is 2. The Morgan fingerprint density at radius 2 is 1.96 bits per heavy atom. The van der Waals surface area contributed by atoms with E-state index >= 15 is 0 Å². The third-order valence-electron chi connectivity index (χ3n) is 5.31. The number of aromatic nitrogens is 2. The van der Waals surface area contributed by atoms with Gasteiger partial charge in [-0.25, -0.2) is 0 Å². The summed E-state index contributed by atoms with van der Waals surface area (Å²) in [5.74, 6) is 2.30. The third-order valence-corrected chi connectivity index (χ3v) is 5.31. The van der Waals surface area contributed by atoms with Crippen LogP contribution in [0, 0.1) is 6.92 Å². The van der Waals surface area contributed by atoms with Crippen LogP contribution in [0.5, 0.6) is 0 Å². The zero-order valence-electron chi connectivity index (χ0n) is 15.9. The topological polar surface area (TPSA) is 94.0 Å². The van der Waals surface area contributed by atoms with Crippen LogP contribution in [0.4, 0.5) is 11.5 Å². The second-order valence-electron chi connectivity index (χ2n) is 7.33. The van der Waals surface area contributed by atoms with Crippen LogP contribution in [0.15, 0.2) is 46.9 Å². The van der Waals surface area contributed by atoms with Gasteiger partial charge in [-0.15, -0.1) is 5.10 Å². The van der Waals surface area contributed by atoms with Gasteiger partial charge in [0.1, 0.15) is 11.5 Å². The molecular formula is C22H24N4O2. The quantitative estimate of drug-likeness (QED) is 0.662. The Morgan fingerprint density at radius 3 is 2.61 bits per heavy atom. The zero-order chi connectivity index (χ0) is 19.5. The number of amides is 1. The molecule has 0 atom stereocenters. The normalized spacial score (nSPS) is 14.3. The fourth-order valence-electron chi connectivity index (χ4n) is 3.87. The summed E-state index contributed by atoms with van der Waals surface area (Å²) >= 11 is 0. The van der Waals surface area contributed by atoms with E-state index in [1.807, 2.05) is 37.3 Å². The van der Waals surface area contributed by atoms with Gasteiger partial charge in [0.15, 0.2) is 5.82 Å². The minimum atomic E-state index is -0.468. The average Bonchev–Trinajstić information content (AvgIpc) is 3.35. The van der Waals surface area contributed by atoms with Gasteiger partial charge in [0.25, 0.3) is 0 Å². The molecule has 0 unspecified atom stereocenters. The fourth-order valence-corrected chi connectivity index (χ4v) is 3.87. The average molecular weight is 376 g/mol. The van der Waals surface area contributed by atoms with Gasteiger partial charge < -0.3 is 15.5 Å². The van der Waals surface area contributed by atoms with E-state index in [0.29, 0.717) is 23.7 Å². The third kappa shape index (κ3) is 3.91. The van der Waals surface area contributed by atoms with Crippen LogP contribution in [0.1, 0.15) is 64.7 Å². The van der Waals surface area contributed by atoms with Gasteiger partial charge in [-0.1, -0.05) is 18.9 Å². The highest BCUT2D eigenvalue weighted by molar-refractivity contribution is 5.96. The first-order valence-electron chi connectivity index (χ1n) is 9.68. The smallest absolute Gasteiger partial charge is 0.249 e. The molecule has 1 aliphatic carbocycles. The van der Waals surface area contributed by atoms with Crippen LogP contribution in [0.3, 0.4) is 0 Å². The van der Waals surface area contributed by atoms with Crippen LogP contribution < -0.4 is 11.1 Å². The van der Waals surface area contributed by atoms with Crippen molar-refractivity contribution in [2.24, 2.45) is 5.73 Å². The van der Waals surface area contributed by atoms with Crippen molar-refractivity contribution in [3.63, 3.8) is 0 Å². The summed E-state index contributed by atoms with van der Waals surface area (Å²) in [6.07, 6.45) is 5.37. The molecular weight excluding hydrogens is 352 g/mol. The summed E-state index contributed by atoms with van der Waals surface area (Å²) in [5, 5.41) is 12.0. The number of carbonyl (C=O) groups excluding carboxylic acids is 1. The highest BCUT2D eigenvalue weighted by atomic mass is 16.3. The number of primary amides is 1. The molecule has 6 heteroatoms. The maximum Gasteiger partial charge on any atom is 0.249 e. The minimum Gasteiger partial charge on any atom is -0.466 e. The number of rotatable bonds is 6. The first-order valence-corrected chi connectivity index (χ1v) is 9.68. The van der Waals surface area contributed by atoms with E-state index in [-0.39, 0.29) is 0 Å². The van der Waals surface area contributed by atoms with Crippen LogP contribution in [0.2, 0.25) is 0 Å². The van der Waals surface area contributed by atoms with Crippen LogP contribution in [-0.4, -0.2) is 16.1 Å². The summed E-state index contributed by atoms with van der Waals surface area (Å²) in [5.41, 5.74) is 8.68. The molecule has 2 heterocycles. The summed E-state index contributed by atoms with van der Waals surface area (Å²) in [6, 6.07) is 13.2. The Labute approximate surface area is 164 Å². The number of aryl methyl sites for hydroxylation is 1. The Kier molecular flexibility index (Phi) is 5.10. The molecule has 4 rings (SSSR count). The maximum atomic E-state index is 11.9. The van der Waals surface area contributed by atoms with E-state index < -0.39 is 5.91 Å². The predicted octanol–water partition coefficient (Wildman–Crippen LogP) is 4.47. The van der Waals surface area contributed by atoms with Crippen LogP contribution in [-0.2, 0) is 6.42 Å². The van der Waals surface area contributed by atoms with E-state index in [9.17, 15) is 4.79 Å². The standard InChI is InChI=1S/C22H24N4O2/c1-14-9-10-16(28-14)13-18-17(22(23)27)7-4-8-20(18)24-21-12-11-19(25-26-21)15-5-2-3-6-15/h4,7-12,15H,2-3,5-6,13H2,1H3,(H2,23,27)(H,24,26). The number of carbonyl (C=O) groups is 1. The van der Waals surface area contributed by atoms with Gasteiger partial charge in [0, 0.05) is 23.6 Å². The Bertz CT molecular complexity index is 972. The number of benzene rings is 1. The molecule has 1 aliphatic rings. The fraction of sp³-hybridized carbons (Fsp3) is 0.318.